The summed E-state index contributed by atoms with van der Waals surface area (Å²) in [5.74, 6) is 0.575. The highest BCUT2D eigenvalue weighted by atomic mass is 16.5. The number of unbranched alkanes of at least 4 members (excludes halogenated alkanes) is 2. The Kier molecular flexibility index (Phi) is 18.1. The molecule has 374 valence electrons. The first-order chi connectivity index (χ1) is 33.7. The number of piperidine rings is 1. The van der Waals surface area contributed by atoms with Gasteiger partial charge in [0.2, 0.25) is 17.8 Å². The third-order valence-corrected chi connectivity index (χ3v) is 14.7. The van der Waals surface area contributed by atoms with Gasteiger partial charge in [-0.15, -0.1) is 0 Å². The molecule has 5 heterocycles. The molecule has 8 rings (SSSR count). The number of aryl methyl sites for hydroxylation is 2. The lowest BCUT2D eigenvalue weighted by molar-refractivity contribution is -0.135. The molecule has 16 heteroatoms. The van der Waals surface area contributed by atoms with Gasteiger partial charge in [-0.25, -0.2) is 9.78 Å². The van der Waals surface area contributed by atoms with Gasteiger partial charge in [-0.3, -0.25) is 33.8 Å². The average Bonchev–Trinajstić information content (AvgIpc) is 3.86. The molecule has 2 amide bonds. The molecule has 1 aliphatic carbocycles. The van der Waals surface area contributed by atoms with Crippen molar-refractivity contribution in [3.8, 4) is 11.1 Å². The molecule has 5 aromatic rings. The van der Waals surface area contributed by atoms with E-state index < -0.39 is 11.9 Å². The van der Waals surface area contributed by atoms with Gasteiger partial charge < -0.3 is 29.2 Å². The number of aliphatic hydroxyl groups is 1. The Labute approximate surface area is 406 Å². The van der Waals surface area contributed by atoms with Crippen LogP contribution < -0.4 is 16.3 Å². The van der Waals surface area contributed by atoms with Gasteiger partial charge in [0, 0.05) is 95.3 Å². The number of imidazole rings is 1. The summed E-state index contributed by atoms with van der Waals surface area (Å²) in [5, 5.41) is 17.2. The van der Waals surface area contributed by atoms with E-state index in [4.69, 9.17) is 24.2 Å². The normalized spacial score (nSPS) is 19.6. The molecular weight excluding hydrogens is 875 g/mol. The molecule has 69 heavy (non-hydrogen) atoms. The van der Waals surface area contributed by atoms with Crippen LogP contribution in [0.1, 0.15) is 108 Å². The number of ether oxygens (including phenoxy) is 3. The number of imide groups is 1. The van der Waals surface area contributed by atoms with Crippen LogP contribution in [0.25, 0.3) is 33.2 Å². The maximum Gasteiger partial charge on any atom is 0.329 e. The summed E-state index contributed by atoms with van der Waals surface area (Å²) in [7, 11) is 1.73. The highest BCUT2D eigenvalue weighted by Crippen LogP contribution is 2.37. The fourth-order valence-corrected chi connectivity index (χ4v) is 10.2. The summed E-state index contributed by atoms with van der Waals surface area (Å²) in [4.78, 5) is 52.0. The van der Waals surface area contributed by atoms with Gasteiger partial charge in [0.1, 0.15) is 11.7 Å². The lowest BCUT2D eigenvalue weighted by Crippen LogP contribution is -2.46. The zero-order valence-corrected chi connectivity index (χ0v) is 41.2. The summed E-state index contributed by atoms with van der Waals surface area (Å²) in [6, 6.07) is 14.7. The molecule has 0 radical (unpaired) electrons. The molecule has 0 spiro atoms. The largest absolute Gasteiger partial charge is 0.393 e. The number of nitrogens with one attached hydrogen (secondary N) is 2. The summed E-state index contributed by atoms with van der Waals surface area (Å²) >= 11 is 0. The predicted molar refractivity (Wildman–Crippen MR) is 269 cm³/mol. The first-order valence-electron chi connectivity index (χ1n) is 25.8. The van der Waals surface area contributed by atoms with Crippen molar-refractivity contribution in [3.63, 3.8) is 0 Å². The van der Waals surface area contributed by atoms with Crippen LogP contribution in [-0.4, -0.2) is 135 Å². The Morgan fingerprint density at radius 3 is 2.22 bits per heavy atom. The van der Waals surface area contributed by atoms with Crippen molar-refractivity contribution in [2.75, 3.05) is 84.2 Å². The maximum absolute atomic E-state index is 13.0. The number of aliphatic hydroxyl groups excluding tert-OH is 1. The van der Waals surface area contributed by atoms with Crippen LogP contribution in [0.5, 0.6) is 0 Å². The average molecular weight is 950 g/mol. The van der Waals surface area contributed by atoms with E-state index >= 15 is 0 Å². The molecule has 3 N–H and O–H groups in total. The number of nitrogens with zero attached hydrogens (tertiary/aromatic N) is 7. The van der Waals surface area contributed by atoms with Crippen molar-refractivity contribution in [3.05, 3.63) is 76.5 Å². The van der Waals surface area contributed by atoms with Gasteiger partial charge >= 0.3 is 5.69 Å². The first kappa shape index (κ1) is 50.4. The molecule has 16 nitrogen and oxygen atoms in total. The maximum atomic E-state index is 13.0. The van der Waals surface area contributed by atoms with Crippen molar-refractivity contribution in [1.82, 2.24) is 38.8 Å². The SMILES string of the molecule is CCC(CC)CNc1ncc2c(-c3ccc(CN4CCN(CCOCCOCCOCCCCCc5ccc6c(c5)n(C)c(=O)n6C5CCC(=O)NC5=O)CC4)cc3)cn(C3CCC(O)CC3)c2n1. The minimum absolute atomic E-state index is 0.203. The number of carbonyl (C=O) groups excluding carboxylic acids is 2. The molecule has 3 fully saturated rings. The number of anilines is 1. The Morgan fingerprint density at radius 1 is 0.797 bits per heavy atom. The van der Waals surface area contributed by atoms with Crippen LogP contribution >= 0.6 is 0 Å². The highest BCUT2D eigenvalue weighted by molar-refractivity contribution is 6.00. The molecule has 1 unspecified atom stereocenters. The number of carbonyl (C=O) groups is 2. The van der Waals surface area contributed by atoms with E-state index in [0.29, 0.717) is 69.5 Å². The standard InChI is InChI=1S/C53H75N9O7/c1-4-38(5-2)34-54-52-55-35-44-45(37-61(50(44)57-52)42-15-17-43(63)18-16-42)41-13-10-40(11-14-41)36-60-24-22-59(23-25-60)26-28-68-30-32-69-31-29-67-27-8-6-7-9-39-12-19-46-48(33-39)58(3)53(66)62(46)47-20-21-49(64)56-51(47)65/h10-14,19,33,35,37-38,42-43,47,63H,4-9,15-18,20-32,34,36H2,1-3H3,(H,54,55,57)(H,56,64,65). The summed E-state index contributed by atoms with van der Waals surface area (Å²) in [5.41, 5.74) is 7.03. The quantitative estimate of drug-likeness (QED) is 0.0422. The minimum atomic E-state index is -0.673. The fraction of sp³-hybridized carbons (Fsp3) is 0.604. The van der Waals surface area contributed by atoms with E-state index in [0.717, 1.165) is 138 Å². The monoisotopic (exact) mass is 950 g/mol. The number of benzene rings is 2. The molecule has 1 saturated carbocycles. The van der Waals surface area contributed by atoms with Crippen LogP contribution in [0.15, 0.2) is 59.7 Å². The van der Waals surface area contributed by atoms with Crippen molar-refractivity contribution < 1.29 is 28.9 Å². The van der Waals surface area contributed by atoms with Gasteiger partial charge in [-0.05, 0) is 86.1 Å². The molecule has 2 aromatic carbocycles. The van der Waals surface area contributed by atoms with Crippen molar-refractivity contribution >= 4 is 39.8 Å². The highest BCUT2D eigenvalue weighted by Gasteiger charge is 2.31. The number of hydrogen-bond acceptors (Lipinski definition) is 12. The van der Waals surface area contributed by atoms with E-state index in [1.54, 1.807) is 11.6 Å². The lowest BCUT2D eigenvalue weighted by atomic mass is 9.93. The first-order valence-corrected chi connectivity index (χ1v) is 25.8. The Hall–Kier alpha value is -4.97. The third kappa shape index (κ3) is 13.1. The lowest BCUT2D eigenvalue weighted by Gasteiger charge is -2.34. The van der Waals surface area contributed by atoms with Crippen LogP contribution in [0.4, 0.5) is 5.95 Å². The summed E-state index contributed by atoms with van der Waals surface area (Å²) < 4.78 is 22.9. The van der Waals surface area contributed by atoms with Gasteiger partial charge in [0.05, 0.1) is 50.2 Å². The van der Waals surface area contributed by atoms with E-state index in [-0.39, 0.29) is 24.1 Å². The van der Waals surface area contributed by atoms with Crippen LogP contribution in [0, 0.1) is 5.92 Å². The number of aromatic nitrogens is 5. The van der Waals surface area contributed by atoms with Crippen LogP contribution in [0.3, 0.4) is 0 Å². The Bertz CT molecular complexity index is 2500. The molecule has 1 atom stereocenters. The fourth-order valence-electron chi connectivity index (χ4n) is 10.2. The van der Waals surface area contributed by atoms with Gasteiger partial charge in [0.15, 0.2) is 0 Å². The third-order valence-electron chi connectivity index (χ3n) is 14.7. The molecule has 3 aliphatic rings. The second kappa shape index (κ2) is 24.7. The minimum Gasteiger partial charge on any atom is -0.393 e. The number of hydrogen-bond donors (Lipinski definition) is 3. The Morgan fingerprint density at radius 2 is 1.49 bits per heavy atom. The van der Waals surface area contributed by atoms with E-state index in [1.807, 2.05) is 24.4 Å². The second-order valence-electron chi connectivity index (χ2n) is 19.4. The van der Waals surface area contributed by atoms with Crippen molar-refractivity contribution in [2.45, 2.75) is 116 Å². The zero-order chi connectivity index (χ0) is 48.1. The molecule has 2 saturated heterocycles. The van der Waals surface area contributed by atoms with Gasteiger partial charge in [0.25, 0.3) is 0 Å². The smallest absolute Gasteiger partial charge is 0.329 e. The second-order valence-corrected chi connectivity index (χ2v) is 19.4. The molecule has 3 aromatic heterocycles. The van der Waals surface area contributed by atoms with E-state index in [9.17, 15) is 19.5 Å². The topological polar surface area (TPSA) is 170 Å². The summed E-state index contributed by atoms with van der Waals surface area (Å²) in [6.07, 6.45) is 14.3. The number of fused-ring (bicyclic) bond motifs is 2. The number of piperazine rings is 1. The van der Waals surface area contributed by atoms with Crippen LogP contribution in [-0.2, 0) is 43.8 Å². The van der Waals surface area contributed by atoms with Gasteiger partial charge in [-0.2, -0.15) is 4.98 Å². The van der Waals surface area contributed by atoms with E-state index in [2.05, 4.69) is 69.3 Å². The number of amides is 2. The zero-order valence-electron chi connectivity index (χ0n) is 41.2. The molecule has 2 aliphatic heterocycles. The molecule has 0 bridgehead atoms. The van der Waals surface area contributed by atoms with Crippen molar-refractivity contribution in [1.29, 1.82) is 0 Å². The Balaban J connectivity index is 0.670. The summed E-state index contributed by atoms with van der Waals surface area (Å²) in [6.45, 7) is 15.0. The van der Waals surface area contributed by atoms with Crippen molar-refractivity contribution in [2.24, 2.45) is 13.0 Å². The number of rotatable bonds is 25. The van der Waals surface area contributed by atoms with E-state index in [1.165, 1.54) is 15.7 Å². The van der Waals surface area contributed by atoms with Gasteiger partial charge in [-0.1, -0.05) is 63.4 Å². The van der Waals surface area contributed by atoms with Crippen LogP contribution in [0.2, 0.25) is 0 Å². The predicted octanol–water partition coefficient (Wildman–Crippen LogP) is 6.63. The molecular formula is C53H75N9O7.